The van der Waals surface area contributed by atoms with E-state index in [0.717, 1.165) is 5.75 Å². The van der Waals surface area contributed by atoms with E-state index in [4.69, 9.17) is 5.73 Å². The third kappa shape index (κ3) is 3.82. The molecule has 0 saturated heterocycles. The van der Waals surface area contributed by atoms with Crippen LogP contribution < -0.4 is 11.1 Å². The summed E-state index contributed by atoms with van der Waals surface area (Å²) < 4.78 is 1.65. The number of thioether (sulfide) groups is 1. The van der Waals surface area contributed by atoms with Crippen LogP contribution in [0.2, 0.25) is 0 Å². The molecule has 0 radical (unpaired) electrons. The molecule has 2 heterocycles. The molecule has 2 aromatic rings. The van der Waals surface area contributed by atoms with Crippen molar-refractivity contribution >= 4 is 23.4 Å². The molecular weight excluding hydrogens is 274 g/mol. The van der Waals surface area contributed by atoms with Crippen LogP contribution in [-0.2, 0) is 4.79 Å². The average molecular weight is 291 g/mol. The summed E-state index contributed by atoms with van der Waals surface area (Å²) in [6.07, 6.45) is 7.73. The van der Waals surface area contributed by atoms with Gasteiger partial charge in [-0.1, -0.05) is 0 Å². The van der Waals surface area contributed by atoms with E-state index in [-0.39, 0.29) is 5.91 Å². The summed E-state index contributed by atoms with van der Waals surface area (Å²) in [7, 11) is 0. The second-order valence-corrected chi connectivity index (χ2v) is 5.22. The second-order valence-electron chi connectivity index (χ2n) is 4.23. The average Bonchev–Trinajstić information content (AvgIpc) is 2.99. The van der Waals surface area contributed by atoms with E-state index < -0.39 is 6.04 Å². The van der Waals surface area contributed by atoms with E-state index in [1.54, 1.807) is 47.2 Å². The number of nitrogens with one attached hydrogen (secondary N) is 1. The lowest BCUT2D eigenvalue weighted by Crippen LogP contribution is -2.36. The minimum absolute atomic E-state index is 0.187. The zero-order valence-electron chi connectivity index (χ0n) is 11.2. The van der Waals surface area contributed by atoms with Crippen molar-refractivity contribution in [2.75, 3.05) is 17.3 Å². The molecule has 0 unspecified atom stereocenters. The van der Waals surface area contributed by atoms with Crippen LogP contribution in [0.3, 0.4) is 0 Å². The Morgan fingerprint density at radius 1 is 1.55 bits per heavy atom. The zero-order valence-corrected chi connectivity index (χ0v) is 12.0. The second kappa shape index (κ2) is 7.06. The Kier molecular flexibility index (Phi) is 5.14. The minimum Gasteiger partial charge on any atom is -0.323 e. The smallest absolute Gasteiger partial charge is 0.241 e. The number of amides is 1. The molecular formula is C13H17N5OS. The fourth-order valence-corrected chi connectivity index (χ4v) is 2.10. The van der Waals surface area contributed by atoms with Gasteiger partial charge in [0.25, 0.3) is 0 Å². The van der Waals surface area contributed by atoms with E-state index in [0.29, 0.717) is 17.9 Å². The Hall–Kier alpha value is -1.86. The van der Waals surface area contributed by atoms with Gasteiger partial charge in [0.05, 0.1) is 17.9 Å². The summed E-state index contributed by atoms with van der Waals surface area (Å²) >= 11 is 1.67. The molecule has 0 fully saturated rings. The quantitative estimate of drug-likeness (QED) is 0.837. The van der Waals surface area contributed by atoms with Gasteiger partial charge < -0.3 is 11.1 Å². The molecule has 2 aromatic heterocycles. The first kappa shape index (κ1) is 14.5. The molecule has 20 heavy (non-hydrogen) atoms. The molecule has 0 aliphatic heterocycles. The Balaban J connectivity index is 1.95. The summed E-state index contributed by atoms with van der Waals surface area (Å²) in [4.78, 5) is 16.1. The number of rotatable bonds is 6. The van der Waals surface area contributed by atoms with Gasteiger partial charge in [0.2, 0.25) is 5.91 Å². The number of aromatic nitrogens is 3. The zero-order chi connectivity index (χ0) is 14.4. The van der Waals surface area contributed by atoms with Crippen LogP contribution in [0, 0.1) is 0 Å². The lowest BCUT2D eigenvalue weighted by molar-refractivity contribution is -0.117. The van der Waals surface area contributed by atoms with Gasteiger partial charge in [-0.2, -0.15) is 16.9 Å². The van der Waals surface area contributed by atoms with E-state index in [1.165, 1.54) is 0 Å². The maximum absolute atomic E-state index is 11.8. The van der Waals surface area contributed by atoms with E-state index in [9.17, 15) is 4.79 Å². The minimum atomic E-state index is -0.492. The van der Waals surface area contributed by atoms with Crippen molar-refractivity contribution in [3.63, 3.8) is 0 Å². The van der Waals surface area contributed by atoms with Gasteiger partial charge in [-0.25, -0.2) is 9.67 Å². The Morgan fingerprint density at radius 2 is 2.40 bits per heavy atom. The molecule has 2 rings (SSSR count). The monoisotopic (exact) mass is 291 g/mol. The van der Waals surface area contributed by atoms with Gasteiger partial charge in [-0.15, -0.1) is 0 Å². The molecule has 0 saturated carbocycles. The van der Waals surface area contributed by atoms with Crippen LogP contribution in [0.4, 0.5) is 5.69 Å². The fraction of sp³-hybridized carbons (Fsp3) is 0.308. The highest BCUT2D eigenvalue weighted by molar-refractivity contribution is 7.98. The van der Waals surface area contributed by atoms with Crippen LogP contribution >= 0.6 is 11.8 Å². The van der Waals surface area contributed by atoms with Crippen LogP contribution in [-0.4, -0.2) is 38.7 Å². The van der Waals surface area contributed by atoms with Crippen molar-refractivity contribution < 1.29 is 4.79 Å². The van der Waals surface area contributed by atoms with E-state index in [2.05, 4.69) is 15.4 Å². The van der Waals surface area contributed by atoms with Crippen LogP contribution in [0.25, 0.3) is 5.82 Å². The Morgan fingerprint density at radius 3 is 3.00 bits per heavy atom. The van der Waals surface area contributed by atoms with Gasteiger partial charge in [0, 0.05) is 12.4 Å². The number of carbonyl (C=O) groups is 1. The topological polar surface area (TPSA) is 85.8 Å². The summed E-state index contributed by atoms with van der Waals surface area (Å²) in [5.41, 5.74) is 6.43. The molecule has 0 spiro atoms. The number of nitrogens with two attached hydrogens (primary N) is 1. The third-order valence-corrected chi connectivity index (χ3v) is 3.37. The lowest BCUT2D eigenvalue weighted by atomic mass is 10.2. The van der Waals surface area contributed by atoms with Crippen molar-refractivity contribution in [2.45, 2.75) is 12.5 Å². The van der Waals surface area contributed by atoms with Crippen LogP contribution in [0.5, 0.6) is 0 Å². The molecule has 106 valence electrons. The maximum Gasteiger partial charge on any atom is 0.241 e. The highest BCUT2D eigenvalue weighted by Crippen LogP contribution is 2.10. The van der Waals surface area contributed by atoms with Crippen molar-refractivity contribution in [2.24, 2.45) is 5.73 Å². The van der Waals surface area contributed by atoms with Gasteiger partial charge in [0.1, 0.15) is 0 Å². The van der Waals surface area contributed by atoms with Crippen molar-refractivity contribution in [3.8, 4) is 5.82 Å². The predicted octanol–water partition coefficient (Wildman–Crippen LogP) is 1.29. The highest BCUT2D eigenvalue weighted by Gasteiger charge is 2.13. The first-order chi connectivity index (χ1) is 9.70. The summed E-state index contributed by atoms with van der Waals surface area (Å²) in [5.74, 6) is 1.37. The standard InChI is InChI=1S/C13H17N5OS/c1-20-8-5-11(14)13(19)17-10-3-4-12(15-9-10)18-7-2-6-16-18/h2-4,6-7,9,11H,5,8,14H2,1H3,(H,17,19)/t11-/m1/s1. The summed E-state index contributed by atoms with van der Waals surface area (Å²) in [6, 6.07) is 4.90. The van der Waals surface area contributed by atoms with Gasteiger partial charge in [0.15, 0.2) is 5.82 Å². The van der Waals surface area contributed by atoms with Crippen molar-refractivity contribution in [3.05, 3.63) is 36.8 Å². The molecule has 1 amide bonds. The van der Waals surface area contributed by atoms with Crippen molar-refractivity contribution in [1.29, 1.82) is 0 Å². The third-order valence-electron chi connectivity index (χ3n) is 2.72. The van der Waals surface area contributed by atoms with E-state index >= 15 is 0 Å². The number of hydrogen-bond acceptors (Lipinski definition) is 5. The Labute approximate surface area is 121 Å². The van der Waals surface area contributed by atoms with Gasteiger partial charge >= 0.3 is 0 Å². The molecule has 0 aromatic carbocycles. The van der Waals surface area contributed by atoms with Crippen LogP contribution in [0.15, 0.2) is 36.8 Å². The van der Waals surface area contributed by atoms with E-state index in [1.807, 2.05) is 12.3 Å². The summed E-state index contributed by atoms with van der Waals surface area (Å²) in [5, 5.41) is 6.84. The fourth-order valence-electron chi connectivity index (χ4n) is 1.61. The normalized spacial score (nSPS) is 12.1. The molecule has 0 aliphatic carbocycles. The Bertz CT molecular complexity index is 540. The highest BCUT2D eigenvalue weighted by atomic mass is 32.2. The number of pyridine rings is 1. The predicted molar refractivity (Wildman–Crippen MR) is 81.0 cm³/mol. The number of carbonyl (C=O) groups excluding carboxylic acids is 1. The van der Waals surface area contributed by atoms with Gasteiger partial charge in [-0.3, -0.25) is 4.79 Å². The summed E-state index contributed by atoms with van der Waals surface area (Å²) in [6.45, 7) is 0. The number of hydrogen-bond donors (Lipinski definition) is 2. The first-order valence-electron chi connectivity index (χ1n) is 6.22. The SMILES string of the molecule is CSCC[C@@H](N)C(=O)Nc1ccc(-n2cccn2)nc1. The van der Waals surface area contributed by atoms with Crippen molar-refractivity contribution in [1.82, 2.24) is 14.8 Å². The molecule has 0 bridgehead atoms. The molecule has 3 N–H and O–H groups in total. The van der Waals surface area contributed by atoms with Crippen LogP contribution in [0.1, 0.15) is 6.42 Å². The first-order valence-corrected chi connectivity index (χ1v) is 7.61. The lowest BCUT2D eigenvalue weighted by Gasteiger charge is -2.11. The molecule has 0 aliphatic rings. The molecule has 6 nitrogen and oxygen atoms in total. The molecule has 1 atom stereocenters. The maximum atomic E-state index is 11.8. The molecule has 7 heteroatoms. The number of nitrogens with zero attached hydrogens (tertiary/aromatic N) is 3. The van der Waals surface area contributed by atoms with Gasteiger partial charge in [-0.05, 0) is 36.6 Å². The largest absolute Gasteiger partial charge is 0.323 e. The number of anilines is 1.